The van der Waals surface area contributed by atoms with Crippen molar-refractivity contribution in [2.45, 2.75) is 44.7 Å². The molecule has 3 aromatic rings. The lowest BCUT2D eigenvalue weighted by molar-refractivity contribution is -0.139. The molecule has 2 amide bonds. The molecule has 0 saturated heterocycles. The van der Waals surface area contributed by atoms with E-state index in [0.717, 1.165) is 25.4 Å². The van der Waals surface area contributed by atoms with Crippen molar-refractivity contribution in [2.24, 2.45) is 0 Å². The molecule has 0 aliphatic carbocycles. The molecule has 37 heavy (non-hydrogen) atoms. The third-order valence-corrected chi connectivity index (χ3v) is 8.55. The maximum Gasteiger partial charge on any atom is 0.264 e. The highest BCUT2D eigenvalue weighted by atomic mass is 127. The van der Waals surface area contributed by atoms with E-state index < -0.39 is 28.5 Å². The number of hydrogen-bond donors (Lipinski definition) is 1. The van der Waals surface area contributed by atoms with Crippen LogP contribution in [-0.4, -0.2) is 44.3 Å². The molecule has 0 unspecified atom stereocenters. The van der Waals surface area contributed by atoms with Crippen molar-refractivity contribution >= 4 is 50.1 Å². The number of anilines is 1. The minimum atomic E-state index is -4.05. The lowest BCUT2D eigenvalue weighted by Crippen LogP contribution is -2.51. The summed E-state index contributed by atoms with van der Waals surface area (Å²) in [7, 11) is -4.05. The molecule has 0 radical (unpaired) electrons. The standard InChI is InChI=1S/C28H32IN3O4S/c1-4-18-30-28(34)22(3)31(19-23-11-9-8-10-21(23)2)27(33)20-32(25-16-14-24(29)15-17-25)37(35,36)26-12-6-5-7-13-26/h5-17,22H,4,18-20H2,1-3H3,(H,30,34)/t22-/m0/s1. The monoisotopic (exact) mass is 633 g/mol. The zero-order valence-electron chi connectivity index (χ0n) is 21.2. The van der Waals surface area contributed by atoms with E-state index in [2.05, 4.69) is 27.9 Å². The number of rotatable bonds is 11. The van der Waals surface area contributed by atoms with Crippen molar-refractivity contribution in [1.29, 1.82) is 0 Å². The SMILES string of the molecule is CCCNC(=O)[C@H](C)N(Cc1ccccc1C)C(=O)CN(c1ccc(I)cc1)S(=O)(=O)c1ccccc1. The number of nitrogens with zero attached hydrogens (tertiary/aromatic N) is 2. The summed E-state index contributed by atoms with van der Waals surface area (Å²) in [6.45, 7) is 5.79. The van der Waals surface area contributed by atoms with Gasteiger partial charge in [-0.05, 0) is 90.4 Å². The minimum absolute atomic E-state index is 0.0838. The molecule has 0 bridgehead atoms. The fraction of sp³-hybridized carbons (Fsp3) is 0.286. The normalized spacial score (nSPS) is 12.0. The Hall–Kier alpha value is -2.92. The first-order chi connectivity index (χ1) is 17.6. The predicted molar refractivity (Wildman–Crippen MR) is 155 cm³/mol. The Balaban J connectivity index is 2.01. The molecule has 7 nitrogen and oxygen atoms in total. The molecular formula is C28H32IN3O4S. The molecule has 0 aliphatic heterocycles. The van der Waals surface area contributed by atoms with E-state index in [1.807, 2.05) is 38.1 Å². The van der Waals surface area contributed by atoms with Crippen molar-refractivity contribution < 1.29 is 18.0 Å². The molecular weight excluding hydrogens is 601 g/mol. The van der Waals surface area contributed by atoms with Crippen LogP contribution in [0.15, 0.2) is 83.8 Å². The van der Waals surface area contributed by atoms with Crippen LogP contribution >= 0.6 is 22.6 Å². The Bertz CT molecular complexity index is 1310. The Morgan fingerprint density at radius 3 is 2.19 bits per heavy atom. The highest BCUT2D eigenvalue weighted by Gasteiger charge is 2.32. The van der Waals surface area contributed by atoms with E-state index >= 15 is 0 Å². The number of halogens is 1. The van der Waals surface area contributed by atoms with Crippen LogP contribution in [0.25, 0.3) is 0 Å². The maximum absolute atomic E-state index is 13.8. The zero-order chi connectivity index (χ0) is 27.0. The van der Waals surface area contributed by atoms with E-state index in [1.54, 1.807) is 49.4 Å². The predicted octanol–water partition coefficient (Wildman–Crippen LogP) is 4.74. The molecule has 1 N–H and O–H groups in total. The van der Waals surface area contributed by atoms with Crippen molar-refractivity contribution in [3.05, 3.63) is 93.6 Å². The Kier molecular flexibility index (Phi) is 10.1. The highest BCUT2D eigenvalue weighted by Crippen LogP contribution is 2.25. The topological polar surface area (TPSA) is 86.8 Å². The molecule has 0 saturated carbocycles. The fourth-order valence-corrected chi connectivity index (χ4v) is 5.60. The van der Waals surface area contributed by atoms with E-state index in [4.69, 9.17) is 0 Å². The lowest BCUT2D eigenvalue weighted by atomic mass is 10.1. The van der Waals surface area contributed by atoms with Crippen molar-refractivity contribution in [3.8, 4) is 0 Å². The van der Waals surface area contributed by atoms with Crippen LogP contribution in [0.2, 0.25) is 0 Å². The second kappa shape index (κ2) is 13.0. The van der Waals surface area contributed by atoms with Gasteiger partial charge < -0.3 is 10.2 Å². The van der Waals surface area contributed by atoms with Gasteiger partial charge in [-0.15, -0.1) is 0 Å². The summed E-state index contributed by atoms with van der Waals surface area (Å²) in [5, 5.41) is 2.85. The first-order valence-electron chi connectivity index (χ1n) is 12.1. The van der Waals surface area contributed by atoms with Crippen molar-refractivity contribution in [2.75, 3.05) is 17.4 Å². The number of amides is 2. The average Bonchev–Trinajstić information content (AvgIpc) is 2.90. The van der Waals surface area contributed by atoms with Crippen LogP contribution in [0.1, 0.15) is 31.4 Å². The number of hydrogen-bond acceptors (Lipinski definition) is 4. The number of carbonyl (C=O) groups is 2. The summed E-state index contributed by atoms with van der Waals surface area (Å²) in [6.07, 6.45) is 0.764. The van der Waals surface area contributed by atoms with Gasteiger partial charge in [0, 0.05) is 16.7 Å². The van der Waals surface area contributed by atoms with Gasteiger partial charge in [0.2, 0.25) is 11.8 Å². The third kappa shape index (κ3) is 7.32. The van der Waals surface area contributed by atoms with Gasteiger partial charge in [0.05, 0.1) is 10.6 Å². The van der Waals surface area contributed by atoms with Gasteiger partial charge in [-0.25, -0.2) is 8.42 Å². The number of nitrogens with one attached hydrogen (secondary N) is 1. The number of aryl methyl sites for hydroxylation is 1. The molecule has 0 aromatic heterocycles. The molecule has 0 fully saturated rings. The molecule has 3 aromatic carbocycles. The molecule has 9 heteroatoms. The smallest absolute Gasteiger partial charge is 0.264 e. The fourth-order valence-electron chi connectivity index (χ4n) is 3.81. The quantitative estimate of drug-likeness (QED) is 0.310. The van der Waals surface area contributed by atoms with Gasteiger partial charge in [-0.2, -0.15) is 0 Å². The van der Waals surface area contributed by atoms with Gasteiger partial charge in [-0.1, -0.05) is 49.4 Å². The van der Waals surface area contributed by atoms with Gasteiger partial charge in [-0.3, -0.25) is 13.9 Å². The molecule has 0 aliphatic rings. The van der Waals surface area contributed by atoms with Crippen LogP contribution in [0.4, 0.5) is 5.69 Å². The van der Waals surface area contributed by atoms with Crippen LogP contribution in [0.5, 0.6) is 0 Å². The summed E-state index contributed by atoms with van der Waals surface area (Å²) in [5.74, 6) is -0.754. The summed E-state index contributed by atoms with van der Waals surface area (Å²) in [5.41, 5.74) is 2.24. The summed E-state index contributed by atoms with van der Waals surface area (Å²) in [6, 6.07) is 21.8. The van der Waals surface area contributed by atoms with Crippen LogP contribution in [-0.2, 0) is 26.2 Å². The van der Waals surface area contributed by atoms with Gasteiger partial charge in [0.25, 0.3) is 10.0 Å². The lowest BCUT2D eigenvalue weighted by Gasteiger charge is -2.32. The second-order valence-electron chi connectivity index (χ2n) is 8.72. The summed E-state index contributed by atoms with van der Waals surface area (Å²) in [4.78, 5) is 28.3. The number of sulfonamides is 1. The Labute approximate surface area is 233 Å². The zero-order valence-corrected chi connectivity index (χ0v) is 24.2. The van der Waals surface area contributed by atoms with Crippen LogP contribution < -0.4 is 9.62 Å². The molecule has 0 spiro atoms. The Morgan fingerprint density at radius 2 is 1.57 bits per heavy atom. The summed E-state index contributed by atoms with van der Waals surface area (Å²) >= 11 is 2.14. The van der Waals surface area contributed by atoms with Crippen LogP contribution in [0.3, 0.4) is 0 Å². The van der Waals surface area contributed by atoms with E-state index in [1.165, 1.54) is 17.0 Å². The van der Waals surface area contributed by atoms with E-state index in [0.29, 0.717) is 12.2 Å². The second-order valence-corrected chi connectivity index (χ2v) is 11.8. The minimum Gasteiger partial charge on any atom is -0.354 e. The molecule has 3 rings (SSSR count). The van der Waals surface area contributed by atoms with Crippen molar-refractivity contribution in [3.63, 3.8) is 0 Å². The molecule has 196 valence electrons. The van der Waals surface area contributed by atoms with E-state index in [-0.39, 0.29) is 17.3 Å². The number of carbonyl (C=O) groups excluding carboxylic acids is 2. The largest absolute Gasteiger partial charge is 0.354 e. The van der Waals surface area contributed by atoms with Gasteiger partial charge in [0.1, 0.15) is 12.6 Å². The van der Waals surface area contributed by atoms with E-state index in [9.17, 15) is 18.0 Å². The van der Waals surface area contributed by atoms with Gasteiger partial charge in [0.15, 0.2) is 0 Å². The molecule has 0 heterocycles. The Morgan fingerprint density at radius 1 is 0.946 bits per heavy atom. The first kappa shape index (κ1) is 28.6. The average molecular weight is 634 g/mol. The highest BCUT2D eigenvalue weighted by molar-refractivity contribution is 14.1. The van der Waals surface area contributed by atoms with Crippen molar-refractivity contribution in [1.82, 2.24) is 10.2 Å². The van der Waals surface area contributed by atoms with Gasteiger partial charge >= 0.3 is 0 Å². The molecule has 1 atom stereocenters. The summed E-state index contributed by atoms with van der Waals surface area (Å²) < 4.78 is 29.5. The third-order valence-electron chi connectivity index (χ3n) is 6.04. The maximum atomic E-state index is 13.8. The first-order valence-corrected chi connectivity index (χ1v) is 14.6. The van der Waals surface area contributed by atoms with Crippen LogP contribution in [0, 0.1) is 10.5 Å². The number of benzene rings is 3.